The minimum Gasteiger partial charge on any atom is -0.462 e. The molecule has 0 radical (unpaired) electrons. The number of unbranched alkanes of at least 4 members (excludes halogenated alkanes) is 18. The molecular formula is C57H94O6. The zero-order chi connectivity index (χ0) is 45.8. The van der Waals surface area contributed by atoms with E-state index in [9.17, 15) is 14.4 Å². The molecule has 6 heteroatoms. The predicted molar refractivity (Wildman–Crippen MR) is 270 cm³/mol. The van der Waals surface area contributed by atoms with Gasteiger partial charge in [-0.3, -0.25) is 14.4 Å². The largest absolute Gasteiger partial charge is 0.462 e. The van der Waals surface area contributed by atoms with E-state index in [0.717, 1.165) is 103 Å². The molecule has 0 aliphatic heterocycles. The Morgan fingerprint density at radius 3 is 1.05 bits per heavy atom. The van der Waals surface area contributed by atoms with Gasteiger partial charge in [-0.25, -0.2) is 0 Å². The van der Waals surface area contributed by atoms with Crippen LogP contribution in [0.25, 0.3) is 0 Å². The number of ether oxygens (including phenoxy) is 3. The fourth-order valence-corrected chi connectivity index (χ4v) is 6.72. The molecule has 0 aliphatic carbocycles. The second-order valence-corrected chi connectivity index (χ2v) is 16.7. The topological polar surface area (TPSA) is 78.9 Å². The highest BCUT2D eigenvalue weighted by molar-refractivity contribution is 5.71. The van der Waals surface area contributed by atoms with Crippen molar-refractivity contribution in [3.05, 3.63) is 97.2 Å². The summed E-state index contributed by atoms with van der Waals surface area (Å²) in [5.41, 5.74) is 0. The van der Waals surface area contributed by atoms with Crippen LogP contribution in [0.1, 0.15) is 226 Å². The second kappa shape index (κ2) is 51.0. The lowest BCUT2D eigenvalue weighted by Crippen LogP contribution is -2.30. The molecule has 0 rings (SSSR count). The molecule has 0 N–H and O–H groups in total. The Labute approximate surface area is 387 Å². The van der Waals surface area contributed by atoms with Gasteiger partial charge in [0, 0.05) is 19.3 Å². The van der Waals surface area contributed by atoms with E-state index in [2.05, 4.69) is 118 Å². The second-order valence-electron chi connectivity index (χ2n) is 16.7. The third kappa shape index (κ3) is 49.2. The Morgan fingerprint density at radius 1 is 0.333 bits per heavy atom. The van der Waals surface area contributed by atoms with Gasteiger partial charge < -0.3 is 14.2 Å². The monoisotopic (exact) mass is 875 g/mol. The average Bonchev–Trinajstić information content (AvgIpc) is 3.28. The fourth-order valence-electron chi connectivity index (χ4n) is 6.72. The molecule has 0 spiro atoms. The van der Waals surface area contributed by atoms with Crippen LogP contribution in [0.4, 0.5) is 0 Å². The summed E-state index contributed by atoms with van der Waals surface area (Å²) in [6.07, 6.45) is 66.8. The van der Waals surface area contributed by atoms with Gasteiger partial charge in [0.25, 0.3) is 0 Å². The number of allylic oxidation sites excluding steroid dienone is 16. The van der Waals surface area contributed by atoms with Gasteiger partial charge in [0.05, 0.1) is 0 Å². The third-order valence-corrected chi connectivity index (χ3v) is 10.6. The number of carbonyl (C=O) groups is 3. The molecule has 0 bridgehead atoms. The van der Waals surface area contributed by atoms with E-state index in [1.807, 2.05) is 0 Å². The smallest absolute Gasteiger partial charge is 0.306 e. The Kier molecular flexibility index (Phi) is 48.0. The first-order chi connectivity index (χ1) is 31.0. The van der Waals surface area contributed by atoms with E-state index in [1.54, 1.807) is 0 Å². The molecular weight excluding hydrogens is 781 g/mol. The van der Waals surface area contributed by atoms with Crippen molar-refractivity contribution in [3.8, 4) is 0 Å². The summed E-state index contributed by atoms with van der Waals surface area (Å²) in [4.78, 5) is 37.9. The molecule has 0 amide bonds. The maximum Gasteiger partial charge on any atom is 0.306 e. The SMILES string of the molecule is CC/C=C\C/C=C\C/C=C\C/C=C\CCCCCCC(=O)OC[C@H](COC(=O)CCCCCCCCCCCCC)OC(=O)CCC/C=C\C/C=C\C/C=C\C/C=C\CCCCC. The van der Waals surface area contributed by atoms with Crippen LogP contribution in [-0.2, 0) is 28.6 Å². The molecule has 63 heavy (non-hydrogen) atoms. The van der Waals surface area contributed by atoms with E-state index >= 15 is 0 Å². The molecule has 0 saturated heterocycles. The molecule has 0 heterocycles. The van der Waals surface area contributed by atoms with Crippen molar-refractivity contribution >= 4 is 17.9 Å². The van der Waals surface area contributed by atoms with E-state index in [0.29, 0.717) is 19.3 Å². The van der Waals surface area contributed by atoms with Gasteiger partial charge in [-0.05, 0) is 96.3 Å². The third-order valence-electron chi connectivity index (χ3n) is 10.6. The van der Waals surface area contributed by atoms with E-state index < -0.39 is 6.10 Å². The number of rotatable bonds is 45. The predicted octanol–water partition coefficient (Wildman–Crippen LogP) is 17.0. The maximum absolute atomic E-state index is 12.8. The van der Waals surface area contributed by atoms with Crippen molar-refractivity contribution in [3.63, 3.8) is 0 Å². The standard InChI is InChI=1S/C57H94O6/c1-4-7-10-13-16-19-22-24-26-28-30-32-35-38-41-44-47-50-56(59)62-53-54(52-61-55(58)49-46-43-40-37-34-21-18-15-12-9-6-3)63-57(60)51-48-45-42-39-36-33-31-29-27-25-23-20-17-14-11-8-5-2/h7,10,16-17,19-20,24-27,30-33,39,42,54H,4-6,8-9,11-15,18,21-23,28-29,34-38,40-41,43-53H2,1-3H3/b10-7-,19-16-,20-17-,26-24-,27-25-,32-30-,33-31-,42-39-/t54-/m0/s1. The van der Waals surface area contributed by atoms with Gasteiger partial charge in [0.1, 0.15) is 13.2 Å². The van der Waals surface area contributed by atoms with Crippen LogP contribution in [-0.4, -0.2) is 37.2 Å². The molecule has 358 valence electrons. The lowest BCUT2D eigenvalue weighted by Gasteiger charge is -2.18. The van der Waals surface area contributed by atoms with Crippen LogP contribution in [0.2, 0.25) is 0 Å². The molecule has 0 aliphatic rings. The van der Waals surface area contributed by atoms with Gasteiger partial charge in [0.15, 0.2) is 6.10 Å². The van der Waals surface area contributed by atoms with Crippen molar-refractivity contribution in [1.29, 1.82) is 0 Å². The number of carbonyl (C=O) groups excluding carboxylic acids is 3. The highest BCUT2D eigenvalue weighted by Gasteiger charge is 2.19. The number of hydrogen-bond donors (Lipinski definition) is 0. The number of esters is 3. The van der Waals surface area contributed by atoms with Crippen LogP contribution in [0.3, 0.4) is 0 Å². The molecule has 0 fully saturated rings. The van der Waals surface area contributed by atoms with Crippen LogP contribution >= 0.6 is 0 Å². The van der Waals surface area contributed by atoms with Crippen LogP contribution in [0, 0.1) is 0 Å². The molecule has 0 unspecified atom stereocenters. The Bertz CT molecular complexity index is 1280. The molecule has 0 aromatic carbocycles. The summed E-state index contributed by atoms with van der Waals surface area (Å²) >= 11 is 0. The Morgan fingerprint density at radius 2 is 0.635 bits per heavy atom. The zero-order valence-electron chi connectivity index (χ0n) is 40.8. The van der Waals surface area contributed by atoms with Crippen molar-refractivity contribution in [2.45, 2.75) is 232 Å². The minimum atomic E-state index is -0.814. The van der Waals surface area contributed by atoms with Gasteiger partial charge >= 0.3 is 17.9 Å². The summed E-state index contributed by atoms with van der Waals surface area (Å²) in [5.74, 6) is -0.992. The van der Waals surface area contributed by atoms with Crippen molar-refractivity contribution in [2.24, 2.45) is 0 Å². The van der Waals surface area contributed by atoms with Gasteiger partial charge in [-0.15, -0.1) is 0 Å². The van der Waals surface area contributed by atoms with Gasteiger partial charge in [-0.1, -0.05) is 208 Å². The fraction of sp³-hybridized carbons (Fsp3) is 0.667. The first-order valence-electron chi connectivity index (χ1n) is 25.7. The molecule has 1 atom stereocenters. The van der Waals surface area contributed by atoms with Crippen molar-refractivity contribution in [1.82, 2.24) is 0 Å². The van der Waals surface area contributed by atoms with Crippen LogP contribution < -0.4 is 0 Å². The average molecular weight is 875 g/mol. The number of hydrogen-bond acceptors (Lipinski definition) is 6. The van der Waals surface area contributed by atoms with Gasteiger partial charge in [0.2, 0.25) is 0 Å². The quantitative estimate of drug-likeness (QED) is 0.0262. The summed E-state index contributed by atoms with van der Waals surface area (Å²) in [5, 5.41) is 0. The van der Waals surface area contributed by atoms with E-state index in [1.165, 1.54) is 77.0 Å². The Balaban J connectivity index is 4.52. The van der Waals surface area contributed by atoms with Crippen LogP contribution in [0.5, 0.6) is 0 Å². The Hall–Kier alpha value is -3.67. The minimum absolute atomic E-state index is 0.107. The van der Waals surface area contributed by atoms with E-state index in [4.69, 9.17) is 14.2 Å². The summed E-state index contributed by atoms with van der Waals surface area (Å²) in [6.45, 7) is 6.41. The van der Waals surface area contributed by atoms with Crippen molar-refractivity contribution in [2.75, 3.05) is 13.2 Å². The lowest BCUT2D eigenvalue weighted by atomic mass is 10.1. The summed E-state index contributed by atoms with van der Waals surface area (Å²) in [7, 11) is 0. The van der Waals surface area contributed by atoms with Gasteiger partial charge in [-0.2, -0.15) is 0 Å². The normalized spacial score (nSPS) is 12.9. The first-order valence-corrected chi connectivity index (χ1v) is 25.7. The molecule has 0 aromatic heterocycles. The zero-order valence-corrected chi connectivity index (χ0v) is 40.8. The first kappa shape index (κ1) is 59.3. The lowest BCUT2D eigenvalue weighted by molar-refractivity contribution is -0.167. The summed E-state index contributed by atoms with van der Waals surface area (Å²) in [6, 6.07) is 0. The van der Waals surface area contributed by atoms with Crippen molar-refractivity contribution < 1.29 is 28.6 Å². The van der Waals surface area contributed by atoms with E-state index in [-0.39, 0.29) is 37.5 Å². The highest BCUT2D eigenvalue weighted by Crippen LogP contribution is 2.13. The van der Waals surface area contributed by atoms with Crippen LogP contribution in [0.15, 0.2) is 97.2 Å². The molecule has 6 nitrogen and oxygen atoms in total. The molecule has 0 aromatic rings. The molecule has 0 saturated carbocycles. The maximum atomic E-state index is 12.8. The summed E-state index contributed by atoms with van der Waals surface area (Å²) < 4.78 is 16.7. The highest BCUT2D eigenvalue weighted by atomic mass is 16.6.